The molecule has 0 saturated heterocycles. The monoisotopic (exact) mass is 207 g/mol. The van der Waals surface area contributed by atoms with E-state index in [1.165, 1.54) is 0 Å². The molecule has 0 rings (SSSR count). The highest BCUT2D eigenvalue weighted by molar-refractivity contribution is 7.71. The number of amides is 1. The van der Waals surface area contributed by atoms with Crippen LogP contribution in [0.4, 0.5) is 0 Å². The molecular weight excluding hydrogens is 190 g/mol. The molecule has 0 saturated carbocycles. The lowest BCUT2D eigenvalue weighted by atomic mass is 10.0. The summed E-state index contributed by atoms with van der Waals surface area (Å²) in [4.78, 5) is 11.1. The minimum Gasteiger partial charge on any atom is -0.274 e. The lowest BCUT2D eigenvalue weighted by molar-refractivity contribution is -0.122. The van der Waals surface area contributed by atoms with Crippen molar-refractivity contribution in [2.24, 2.45) is 5.92 Å². The van der Waals surface area contributed by atoms with Crippen LogP contribution in [0.25, 0.3) is 0 Å². The van der Waals surface area contributed by atoms with Gasteiger partial charge in [0.05, 0.1) is 0 Å². The molecule has 0 aromatic heterocycles. The fourth-order valence-electron chi connectivity index (χ4n) is 1.03. The number of carbonyl (C=O) groups is 1. The van der Waals surface area contributed by atoms with Crippen molar-refractivity contribution in [2.45, 2.75) is 39.5 Å². The third-order valence-corrected chi connectivity index (χ3v) is 2.29. The van der Waals surface area contributed by atoms with E-state index >= 15 is 0 Å². The fourth-order valence-corrected chi connectivity index (χ4v) is 1.43. The lowest BCUT2D eigenvalue weighted by Crippen LogP contribution is -2.27. The third-order valence-electron chi connectivity index (χ3n) is 1.89. The Kier molecular flexibility index (Phi) is 6.58. The first-order chi connectivity index (χ1) is 6.07. The summed E-state index contributed by atoms with van der Waals surface area (Å²) in [5.74, 6) is -0.605. The van der Waals surface area contributed by atoms with Gasteiger partial charge in [0.2, 0.25) is 16.8 Å². The zero-order valence-electron chi connectivity index (χ0n) is 8.08. The van der Waals surface area contributed by atoms with Crippen molar-refractivity contribution >= 4 is 16.8 Å². The Bertz CT molecular complexity index is 217. The molecule has 0 heterocycles. The maximum atomic E-state index is 11.1. The van der Waals surface area contributed by atoms with Crippen molar-refractivity contribution in [3.05, 3.63) is 0 Å². The Morgan fingerprint density at radius 3 is 2.46 bits per heavy atom. The fraction of sp³-hybridized carbons (Fsp3) is 0.875. The SMILES string of the molecule is CCCCCC(C)C(=O)N[SH](=O)=O. The second-order valence-corrected chi connectivity index (χ2v) is 3.87. The summed E-state index contributed by atoms with van der Waals surface area (Å²) in [5.41, 5.74) is 0. The molecule has 0 spiro atoms. The zero-order valence-corrected chi connectivity index (χ0v) is 8.97. The van der Waals surface area contributed by atoms with Gasteiger partial charge in [-0.25, -0.2) is 8.42 Å². The van der Waals surface area contributed by atoms with Crippen molar-refractivity contribution in [3.8, 4) is 0 Å². The highest BCUT2D eigenvalue weighted by Crippen LogP contribution is 2.08. The van der Waals surface area contributed by atoms with Crippen LogP contribution in [0, 0.1) is 5.92 Å². The molecule has 1 unspecified atom stereocenters. The Labute approximate surface area is 80.8 Å². The molecular formula is C8H17NO3S. The molecule has 0 aliphatic carbocycles. The van der Waals surface area contributed by atoms with Crippen LogP contribution >= 0.6 is 0 Å². The predicted octanol–water partition coefficient (Wildman–Crippen LogP) is 0.845. The zero-order chi connectivity index (χ0) is 10.3. The molecule has 13 heavy (non-hydrogen) atoms. The van der Waals surface area contributed by atoms with Gasteiger partial charge in [0.1, 0.15) is 0 Å². The number of rotatable bonds is 6. The van der Waals surface area contributed by atoms with Gasteiger partial charge < -0.3 is 0 Å². The molecule has 1 atom stereocenters. The van der Waals surface area contributed by atoms with Crippen LogP contribution in [-0.2, 0) is 15.7 Å². The van der Waals surface area contributed by atoms with Gasteiger partial charge >= 0.3 is 0 Å². The molecule has 0 radical (unpaired) electrons. The maximum Gasteiger partial charge on any atom is 0.236 e. The number of nitrogens with one attached hydrogen (secondary N) is 1. The molecule has 5 heteroatoms. The molecule has 0 aromatic carbocycles. The first-order valence-electron chi connectivity index (χ1n) is 4.52. The van der Waals surface area contributed by atoms with Crippen molar-refractivity contribution in [1.82, 2.24) is 4.72 Å². The topological polar surface area (TPSA) is 63.2 Å². The Morgan fingerprint density at radius 2 is 2.00 bits per heavy atom. The number of unbranched alkanes of at least 4 members (excludes halogenated alkanes) is 2. The number of carbonyl (C=O) groups excluding carboxylic acids is 1. The van der Waals surface area contributed by atoms with Gasteiger partial charge in [-0.3, -0.25) is 9.52 Å². The molecule has 0 aliphatic rings. The largest absolute Gasteiger partial charge is 0.274 e. The van der Waals surface area contributed by atoms with Crippen molar-refractivity contribution < 1.29 is 13.2 Å². The van der Waals surface area contributed by atoms with Gasteiger partial charge in [0.15, 0.2) is 0 Å². The molecule has 0 bridgehead atoms. The van der Waals surface area contributed by atoms with E-state index in [1.807, 2.05) is 4.72 Å². The van der Waals surface area contributed by atoms with Gasteiger partial charge in [-0.05, 0) is 6.42 Å². The Hall–Kier alpha value is -0.580. The van der Waals surface area contributed by atoms with E-state index in [2.05, 4.69) is 6.92 Å². The van der Waals surface area contributed by atoms with Crippen LogP contribution in [0.1, 0.15) is 39.5 Å². The molecule has 4 nitrogen and oxygen atoms in total. The predicted molar refractivity (Wildman–Crippen MR) is 51.8 cm³/mol. The summed E-state index contributed by atoms with van der Waals surface area (Å²) in [7, 11) is -2.79. The number of hydrogen-bond acceptors (Lipinski definition) is 3. The van der Waals surface area contributed by atoms with E-state index in [4.69, 9.17) is 0 Å². The van der Waals surface area contributed by atoms with E-state index < -0.39 is 16.8 Å². The van der Waals surface area contributed by atoms with Crippen LogP contribution in [0.15, 0.2) is 0 Å². The van der Waals surface area contributed by atoms with Crippen LogP contribution in [0.5, 0.6) is 0 Å². The van der Waals surface area contributed by atoms with Crippen LogP contribution in [0.2, 0.25) is 0 Å². The van der Waals surface area contributed by atoms with Gasteiger partial charge in [-0.15, -0.1) is 0 Å². The average Bonchev–Trinajstić information content (AvgIpc) is 2.03. The number of hydrogen-bond donors (Lipinski definition) is 2. The van der Waals surface area contributed by atoms with Crippen LogP contribution < -0.4 is 4.72 Å². The normalized spacial score (nSPS) is 12.8. The Morgan fingerprint density at radius 1 is 1.38 bits per heavy atom. The van der Waals surface area contributed by atoms with Crippen molar-refractivity contribution in [2.75, 3.05) is 0 Å². The lowest BCUT2D eigenvalue weighted by Gasteiger charge is -2.07. The first-order valence-corrected chi connectivity index (χ1v) is 5.70. The summed E-state index contributed by atoms with van der Waals surface area (Å²) in [6, 6.07) is 0. The van der Waals surface area contributed by atoms with Crippen molar-refractivity contribution in [3.63, 3.8) is 0 Å². The average molecular weight is 207 g/mol. The van der Waals surface area contributed by atoms with Gasteiger partial charge in [0, 0.05) is 5.92 Å². The number of thiol groups is 1. The summed E-state index contributed by atoms with van der Waals surface area (Å²) < 4.78 is 22.2. The quantitative estimate of drug-likeness (QED) is 0.501. The summed E-state index contributed by atoms with van der Waals surface area (Å²) in [6.45, 7) is 3.82. The third kappa shape index (κ3) is 6.57. The second-order valence-electron chi connectivity index (χ2n) is 3.13. The summed E-state index contributed by atoms with van der Waals surface area (Å²) >= 11 is 0. The second kappa shape index (κ2) is 6.88. The standard InChI is InChI=1S/C8H17NO3S/c1-3-4-5-6-7(2)8(10)9-13(11)12/h7,13H,3-6H2,1-2H3,(H,9,10,11,12). The molecule has 0 aromatic rings. The highest BCUT2D eigenvalue weighted by Gasteiger charge is 2.11. The van der Waals surface area contributed by atoms with Crippen molar-refractivity contribution in [1.29, 1.82) is 0 Å². The molecule has 1 amide bonds. The van der Waals surface area contributed by atoms with Gasteiger partial charge in [-0.2, -0.15) is 0 Å². The molecule has 78 valence electrons. The maximum absolute atomic E-state index is 11.1. The molecule has 0 aliphatic heterocycles. The van der Waals surface area contributed by atoms with E-state index in [1.54, 1.807) is 6.92 Å². The van der Waals surface area contributed by atoms with Gasteiger partial charge in [0.25, 0.3) is 0 Å². The van der Waals surface area contributed by atoms with E-state index in [0.29, 0.717) is 0 Å². The minimum absolute atomic E-state index is 0.209. The summed E-state index contributed by atoms with van der Waals surface area (Å²) in [6.07, 6.45) is 3.91. The smallest absolute Gasteiger partial charge is 0.236 e. The minimum atomic E-state index is -2.79. The summed E-state index contributed by atoms with van der Waals surface area (Å²) in [5, 5.41) is 0. The highest BCUT2D eigenvalue weighted by atomic mass is 32.2. The van der Waals surface area contributed by atoms with E-state index in [0.717, 1.165) is 25.7 Å². The Balaban J connectivity index is 3.69. The van der Waals surface area contributed by atoms with E-state index in [-0.39, 0.29) is 5.92 Å². The van der Waals surface area contributed by atoms with Gasteiger partial charge in [-0.1, -0.05) is 33.1 Å². The molecule has 1 N–H and O–H groups in total. The first kappa shape index (κ1) is 12.4. The molecule has 0 fully saturated rings. The van der Waals surface area contributed by atoms with E-state index in [9.17, 15) is 13.2 Å². The van der Waals surface area contributed by atoms with Crippen LogP contribution in [-0.4, -0.2) is 14.3 Å². The van der Waals surface area contributed by atoms with Crippen LogP contribution in [0.3, 0.4) is 0 Å².